The van der Waals surface area contributed by atoms with Crippen molar-refractivity contribution in [2.24, 2.45) is 5.41 Å². The Bertz CT molecular complexity index is 290. The Kier molecular flexibility index (Phi) is 4.91. The molecule has 0 aromatic carbocycles. The Hall–Kier alpha value is -0.120. The summed E-state index contributed by atoms with van der Waals surface area (Å²) in [5.74, 6) is 0. The maximum Gasteiger partial charge on any atom is 0.0274 e. The number of hydrogen-bond donors (Lipinski definition) is 1. The average Bonchev–Trinajstić information content (AvgIpc) is 2.67. The van der Waals surface area contributed by atoms with Crippen molar-refractivity contribution >= 4 is 0 Å². The Morgan fingerprint density at radius 2 is 1.95 bits per heavy atom. The zero-order valence-electron chi connectivity index (χ0n) is 13.6. The highest BCUT2D eigenvalue weighted by atomic mass is 15.3. The average molecular weight is 267 g/mol. The van der Waals surface area contributed by atoms with Gasteiger partial charge < -0.3 is 10.2 Å². The van der Waals surface area contributed by atoms with E-state index < -0.39 is 0 Å². The lowest BCUT2D eigenvalue weighted by Crippen LogP contribution is -2.59. The van der Waals surface area contributed by atoms with E-state index in [0.29, 0.717) is 11.5 Å². The maximum absolute atomic E-state index is 3.77. The fraction of sp³-hybridized carbons (Fsp3) is 1.00. The second kappa shape index (κ2) is 6.11. The topological polar surface area (TPSA) is 18.5 Å². The molecule has 2 aliphatic rings. The molecule has 3 unspecified atom stereocenters. The summed E-state index contributed by atoms with van der Waals surface area (Å²) >= 11 is 0. The second-order valence-corrected chi connectivity index (χ2v) is 7.17. The molecule has 3 nitrogen and oxygen atoms in total. The molecule has 1 saturated carbocycles. The molecule has 2 fully saturated rings. The van der Waals surface area contributed by atoms with E-state index in [0.717, 1.165) is 18.6 Å². The monoisotopic (exact) mass is 267 g/mol. The van der Waals surface area contributed by atoms with Crippen LogP contribution in [0.1, 0.15) is 47.0 Å². The summed E-state index contributed by atoms with van der Waals surface area (Å²) in [4.78, 5) is 5.31. The standard InChI is InChI=1S/C16H33N3/c1-6-13-12-19(11-10-18(13)5)14-8-9-16(3,4)15(14)17-7-2/h13-15,17H,6-12H2,1-5H3. The van der Waals surface area contributed by atoms with E-state index in [4.69, 9.17) is 0 Å². The van der Waals surface area contributed by atoms with Crippen LogP contribution in [0.5, 0.6) is 0 Å². The van der Waals surface area contributed by atoms with Crippen molar-refractivity contribution in [2.45, 2.75) is 65.1 Å². The van der Waals surface area contributed by atoms with E-state index in [9.17, 15) is 0 Å². The van der Waals surface area contributed by atoms with Crippen LogP contribution in [0.2, 0.25) is 0 Å². The first-order valence-electron chi connectivity index (χ1n) is 8.17. The van der Waals surface area contributed by atoms with E-state index in [1.54, 1.807) is 0 Å². The molecule has 3 atom stereocenters. The lowest BCUT2D eigenvalue weighted by atomic mass is 9.86. The fourth-order valence-corrected chi connectivity index (χ4v) is 4.10. The van der Waals surface area contributed by atoms with Gasteiger partial charge >= 0.3 is 0 Å². The van der Waals surface area contributed by atoms with Gasteiger partial charge in [0, 0.05) is 37.8 Å². The molecule has 1 aliphatic carbocycles. The second-order valence-electron chi connectivity index (χ2n) is 7.17. The largest absolute Gasteiger partial charge is 0.312 e. The van der Waals surface area contributed by atoms with Crippen LogP contribution in [0.3, 0.4) is 0 Å². The van der Waals surface area contributed by atoms with Crippen molar-refractivity contribution in [3.63, 3.8) is 0 Å². The van der Waals surface area contributed by atoms with Gasteiger partial charge in [-0.1, -0.05) is 27.7 Å². The SMILES string of the molecule is CCNC1C(N2CCN(C)C(CC)C2)CCC1(C)C. The zero-order chi connectivity index (χ0) is 14.0. The van der Waals surface area contributed by atoms with Crippen LogP contribution in [0, 0.1) is 5.41 Å². The first-order valence-corrected chi connectivity index (χ1v) is 8.17. The molecule has 0 aromatic heterocycles. The number of hydrogen-bond acceptors (Lipinski definition) is 3. The first-order chi connectivity index (χ1) is 8.99. The van der Waals surface area contributed by atoms with Crippen molar-refractivity contribution < 1.29 is 0 Å². The van der Waals surface area contributed by atoms with E-state index >= 15 is 0 Å². The van der Waals surface area contributed by atoms with Gasteiger partial charge in [0.05, 0.1) is 0 Å². The lowest BCUT2D eigenvalue weighted by molar-refractivity contribution is 0.0482. The predicted molar refractivity (Wildman–Crippen MR) is 82.5 cm³/mol. The molecule has 3 heteroatoms. The Morgan fingerprint density at radius 1 is 1.21 bits per heavy atom. The molecule has 19 heavy (non-hydrogen) atoms. The number of likely N-dealkylation sites (N-methyl/N-ethyl adjacent to an activating group) is 2. The molecule has 0 aromatic rings. The van der Waals surface area contributed by atoms with Crippen LogP contribution in [-0.2, 0) is 0 Å². The normalized spacial score (nSPS) is 36.8. The molecule has 1 N–H and O–H groups in total. The third-order valence-corrected chi connectivity index (χ3v) is 5.48. The predicted octanol–water partition coefficient (Wildman–Crippen LogP) is 2.18. The van der Waals surface area contributed by atoms with E-state index in [1.807, 2.05) is 0 Å². The number of piperazine rings is 1. The van der Waals surface area contributed by atoms with Crippen molar-refractivity contribution in [1.29, 1.82) is 0 Å². The fourth-order valence-electron chi connectivity index (χ4n) is 4.10. The number of rotatable bonds is 4. The van der Waals surface area contributed by atoms with E-state index in [1.165, 1.54) is 38.9 Å². The van der Waals surface area contributed by atoms with Gasteiger partial charge in [0.1, 0.15) is 0 Å². The molecule has 0 radical (unpaired) electrons. The zero-order valence-corrected chi connectivity index (χ0v) is 13.6. The minimum atomic E-state index is 0.450. The molecule has 0 bridgehead atoms. The molecular formula is C16H33N3. The van der Waals surface area contributed by atoms with Crippen molar-refractivity contribution in [3.8, 4) is 0 Å². The molecule has 112 valence electrons. The first kappa shape index (κ1) is 15.3. The molecule has 1 heterocycles. The van der Waals surface area contributed by atoms with Crippen molar-refractivity contribution in [3.05, 3.63) is 0 Å². The minimum Gasteiger partial charge on any atom is -0.312 e. The Balaban J connectivity index is 2.04. The van der Waals surface area contributed by atoms with Gasteiger partial charge in [-0.3, -0.25) is 4.90 Å². The van der Waals surface area contributed by atoms with Gasteiger partial charge in [0.25, 0.3) is 0 Å². The van der Waals surface area contributed by atoms with E-state index in [2.05, 4.69) is 49.9 Å². The van der Waals surface area contributed by atoms with Gasteiger partial charge in [0.15, 0.2) is 0 Å². The van der Waals surface area contributed by atoms with Crippen LogP contribution in [0.4, 0.5) is 0 Å². The van der Waals surface area contributed by atoms with Gasteiger partial charge in [-0.2, -0.15) is 0 Å². The van der Waals surface area contributed by atoms with Crippen molar-refractivity contribution in [1.82, 2.24) is 15.1 Å². The quantitative estimate of drug-likeness (QED) is 0.842. The Labute approximate surface area is 119 Å². The van der Waals surface area contributed by atoms with Crippen LogP contribution in [0.15, 0.2) is 0 Å². The number of nitrogens with one attached hydrogen (secondary N) is 1. The number of nitrogens with zero attached hydrogens (tertiary/aromatic N) is 2. The third kappa shape index (κ3) is 3.14. The highest BCUT2D eigenvalue weighted by Gasteiger charge is 2.44. The van der Waals surface area contributed by atoms with E-state index in [-0.39, 0.29) is 0 Å². The summed E-state index contributed by atoms with van der Waals surface area (Å²) < 4.78 is 0. The molecule has 0 spiro atoms. The molecule has 1 saturated heterocycles. The van der Waals surface area contributed by atoms with Gasteiger partial charge in [-0.25, -0.2) is 0 Å². The summed E-state index contributed by atoms with van der Waals surface area (Å²) in [5, 5.41) is 3.77. The summed E-state index contributed by atoms with van der Waals surface area (Å²) in [6, 6.07) is 2.16. The minimum absolute atomic E-state index is 0.450. The van der Waals surface area contributed by atoms with Crippen LogP contribution >= 0.6 is 0 Å². The lowest BCUT2D eigenvalue weighted by Gasteiger charge is -2.45. The van der Waals surface area contributed by atoms with Crippen molar-refractivity contribution in [2.75, 3.05) is 33.2 Å². The van der Waals surface area contributed by atoms with Gasteiger partial charge in [-0.15, -0.1) is 0 Å². The summed E-state index contributed by atoms with van der Waals surface area (Å²) in [6.45, 7) is 14.3. The van der Waals surface area contributed by atoms with Crippen LogP contribution < -0.4 is 5.32 Å². The third-order valence-electron chi connectivity index (χ3n) is 5.48. The molecular weight excluding hydrogens is 234 g/mol. The van der Waals surface area contributed by atoms with Crippen LogP contribution in [-0.4, -0.2) is 61.2 Å². The highest BCUT2D eigenvalue weighted by Crippen LogP contribution is 2.40. The summed E-state index contributed by atoms with van der Waals surface area (Å²) in [7, 11) is 2.28. The molecule has 1 aliphatic heterocycles. The molecule has 2 rings (SSSR count). The van der Waals surface area contributed by atoms with Gasteiger partial charge in [0.2, 0.25) is 0 Å². The smallest absolute Gasteiger partial charge is 0.0274 e. The summed E-state index contributed by atoms with van der Waals surface area (Å²) in [6.07, 6.45) is 4.00. The Morgan fingerprint density at radius 3 is 2.58 bits per heavy atom. The van der Waals surface area contributed by atoms with Gasteiger partial charge in [-0.05, 0) is 38.3 Å². The maximum atomic E-state index is 3.77. The molecule has 0 amide bonds. The highest BCUT2D eigenvalue weighted by molar-refractivity contribution is 5.02. The summed E-state index contributed by atoms with van der Waals surface area (Å²) in [5.41, 5.74) is 0.450. The van der Waals surface area contributed by atoms with Crippen LogP contribution in [0.25, 0.3) is 0 Å².